The zero-order valence-corrected chi connectivity index (χ0v) is 15.1. The second-order valence-corrected chi connectivity index (χ2v) is 7.18. The summed E-state index contributed by atoms with van der Waals surface area (Å²) in [5.41, 5.74) is 10.1. The largest absolute Gasteiger partial charge is 0.399 e. The van der Waals surface area contributed by atoms with Crippen LogP contribution in [0.2, 0.25) is 0 Å². The summed E-state index contributed by atoms with van der Waals surface area (Å²) in [6.45, 7) is 0. The number of hydrogen-bond donors (Lipinski definition) is 2. The highest BCUT2D eigenvalue weighted by molar-refractivity contribution is 5.89. The summed E-state index contributed by atoms with van der Waals surface area (Å²) >= 11 is 0. The minimum atomic E-state index is -0.327. The number of nitrogens with one attached hydrogen (secondary N) is 1. The van der Waals surface area contributed by atoms with Crippen LogP contribution in [-0.4, -0.2) is 5.91 Å². The monoisotopic (exact) mass is 356 g/mol. The number of carbonyl (C=O) groups is 1. The topological polar surface area (TPSA) is 55.1 Å². The van der Waals surface area contributed by atoms with Gasteiger partial charge in [0.25, 0.3) is 0 Å². The lowest BCUT2D eigenvalue weighted by atomic mass is 9.63. The number of nitrogens with two attached hydrogens (primary N) is 1. The number of nitrogen functional groups attached to an aromatic ring is 1. The predicted octanol–water partition coefficient (Wildman–Crippen LogP) is 4.31. The number of fused-ring (bicyclic) bond motifs is 1. The molecule has 1 saturated carbocycles. The second-order valence-electron chi connectivity index (χ2n) is 7.18. The van der Waals surface area contributed by atoms with Gasteiger partial charge >= 0.3 is 0 Å². The summed E-state index contributed by atoms with van der Waals surface area (Å²) in [5, 5.41) is 3.36. The highest BCUT2D eigenvalue weighted by Gasteiger charge is 2.46. The van der Waals surface area contributed by atoms with Crippen molar-refractivity contribution in [3.05, 3.63) is 65.2 Å². The SMILES string of the molecule is Cl.Nc1ccc2c(c1)CCCC2NC(=O)C1(c2ccccc2)CCC1. The summed E-state index contributed by atoms with van der Waals surface area (Å²) < 4.78 is 0. The van der Waals surface area contributed by atoms with E-state index in [-0.39, 0.29) is 29.8 Å². The Hall–Kier alpha value is -2.00. The average molecular weight is 357 g/mol. The van der Waals surface area contributed by atoms with Crippen molar-refractivity contribution < 1.29 is 4.79 Å². The van der Waals surface area contributed by atoms with Crippen LogP contribution < -0.4 is 11.1 Å². The maximum absolute atomic E-state index is 13.2. The Kier molecular flexibility index (Phi) is 5.05. The number of amides is 1. The second kappa shape index (κ2) is 7.09. The molecule has 1 unspecified atom stereocenters. The Morgan fingerprint density at radius 2 is 1.84 bits per heavy atom. The first kappa shape index (κ1) is 17.8. The Morgan fingerprint density at radius 3 is 2.52 bits per heavy atom. The van der Waals surface area contributed by atoms with E-state index in [0.29, 0.717) is 0 Å². The highest BCUT2D eigenvalue weighted by atomic mass is 35.5. The third-order valence-corrected chi connectivity index (χ3v) is 5.75. The number of benzene rings is 2. The van der Waals surface area contributed by atoms with Crippen molar-refractivity contribution in [1.82, 2.24) is 5.32 Å². The molecule has 0 saturated heterocycles. The molecule has 2 aliphatic rings. The van der Waals surface area contributed by atoms with Gasteiger partial charge in [0, 0.05) is 5.69 Å². The van der Waals surface area contributed by atoms with Crippen LogP contribution in [0, 0.1) is 0 Å². The van der Waals surface area contributed by atoms with E-state index in [4.69, 9.17) is 5.73 Å². The molecule has 0 spiro atoms. The third-order valence-electron chi connectivity index (χ3n) is 5.75. The highest BCUT2D eigenvalue weighted by Crippen LogP contribution is 2.44. The Labute approximate surface area is 155 Å². The Bertz CT molecular complexity index is 756. The summed E-state index contributed by atoms with van der Waals surface area (Å²) in [7, 11) is 0. The van der Waals surface area contributed by atoms with E-state index < -0.39 is 0 Å². The van der Waals surface area contributed by atoms with Crippen LogP contribution >= 0.6 is 12.4 Å². The van der Waals surface area contributed by atoms with Crippen molar-refractivity contribution >= 4 is 24.0 Å². The number of anilines is 1. The van der Waals surface area contributed by atoms with Crippen molar-refractivity contribution in [2.45, 2.75) is 50.0 Å². The quantitative estimate of drug-likeness (QED) is 0.805. The first-order valence-corrected chi connectivity index (χ1v) is 8.94. The van der Waals surface area contributed by atoms with Gasteiger partial charge in [-0.1, -0.05) is 42.8 Å². The normalized spacial score (nSPS) is 20.6. The Balaban J connectivity index is 0.00000182. The molecule has 0 aromatic heterocycles. The lowest BCUT2D eigenvalue weighted by Crippen LogP contribution is -2.50. The molecule has 2 aromatic carbocycles. The minimum Gasteiger partial charge on any atom is -0.399 e. The summed E-state index contributed by atoms with van der Waals surface area (Å²) in [6, 6.07) is 16.5. The lowest BCUT2D eigenvalue weighted by molar-refractivity contribution is -0.130. The van der Waals surface area contributed by atoms with E-state index in [1.54, 1.807) is 0 Å². The molecule has 1 amide bonds. The number of halogens is 1. The van der Waals surface area contributed by atoms with Crippen molar-refractivity contribution in [1.29, 1.82) is 0 Å². The zero-order chi connectivity index (χ0) is 16.6. The van der Waals surface area contributed by atoms with Crippen molar-refractivity contribution in [2.24, 2.45) is 0 Å². The number of aryl methyl sites for hydroxylation is 1. The van der Waals surface area contributed by atoms with Gasteiger partial charge in [0.05, 0.1) is 11.5 Å². The van der Waals surface area contributed by atoms with Gasteiger partial charge in [-0.15, -0.1) is 12.4 Å². The van der Waals surface area contributed by atoms with E-state index in [1.807, 2.05) is 24.3 Å². The van der Waals surface area contributed by atoms with Crippen LogP contribution in [0.15, 0.2) is 48.5 Å². The van der Waals surface area contributed by atoms with Crippen LogP contribution in [0.5, 0.6) is 0 Å². The van der Waals surface area contributed by atoms with E-state index in [1.165, 1.54) is 11.1 Å². The molecule has 3 N–H and O–H groups in total. The van der Waals surface area contributed by atoms with E-state index in [9.17, 15) is 4.79 Å². The molecule has 0 heterocycles. The molecule has 3 nitrogen and oxygen atoms in total. The van der Waals surface area contributed by atoms with Crippen LogP contribution in [-0.2, 0) is 16.6 Å². The van der Waals surface area contributed by atoms with Gasteiger partial charge in [-0.25, -0.2) is 0 Å². The third kappa shape index (κ3) is 3.13. The number of hydrogen-bond acceptors (Lipinski definition) is 2. The van der Waals surface area contributed by atoms with Gasteiger partial charge in [-0.2, -0.15) is 0 Å². The molecule has 132 valence electrons. The standard InChI is InChI=1S/C21H24N2O.ClH/c22-17-10-11-18-15(14-17)6-4-9-19(18)23-20(24)21(12-5-13-21)16-7-2-1-3-8-16;/h1-3,7-8,10-11,14,19H,4-6,9,12-13,22H2,(H,23,24);1H. The van der Waals surface area contributed by atoms with Gasteiger partial charge in [0.1, 0.15) is 0 Å². The molecule has 1 fully saturated rings. The zero-order valence-electron chi connectivity index (χ0n) is 14.3. The molecular weight excluding hydrogens is 332 g/mol. The molecule has 0 bridgehead atoms. The summed E-state index contributed by atoms with van der Waals surface area (Å²) in [5.74, 6) is 0.189. The summed E-state index contributed by atoms with van der Waals surface area (Å²) in [4.78, 5) is 13.2. The van der Waals surface area contributed by atoms with Crippen molar-refractivity contribution in [2.75, 3.05) is 5.73 Å². The first-order chi connectivity index (χ1) is 11.7. The van der Waals surface area contributed by atoms with Crippen LogP contribution in [0.25, 0.3) is 0 Å². The first-order valence-electron chi connectivity index (χ1n) is 8.94. The van der Waals surface area contributed by atoms with Gasteiger partial charge in [-0.05, 0) is 60.9 Å². The maximum atomic E-state index is 13.2. The molecule has 2 aromatic rings. The number of rotatable bonds is 3. The maximum Gasteiger partial charge on any atom is 0.231 e. The molecule has 25 heavy (non-hydrogen) atoms. The molecule has 4 heteroatoms. The molecule has 2 aliphatic carbocycles. The van der Waals surface area contributed by atoms with E-state index >= 15 is 0 Å². The van der Waals surface area contributed by atoms with Crippen molar-refractivity contribution in [3.63, 3.8) is 0 Å². The van der Waals surface area contributed by atoms with E-state index in [2.05, 4.69) is 29.6 Å². The fourth-order valence-electron chi connectivity index (χ4n) is 4.21. The van der Waals surface area contributed by atoms with Crippen LogP contribution in [0.1, 0.15) is 54.8 Å². The molecule has 1 atom stereocenters. The molecular formula is C21H25ClN2O. The van der Waals surface area contributed by atoms with Crippen molar-refractivity contribution in [3.8, 4) is 0 Å². The van der Waals surface area contributed by atoms with Gasteiger partial charge < -0.3 is 11.1 Å². The fourth-order valence-corrected chi connectivity index (χ4v) is 4.21. The summed E-state index contributed by atoms with van der Waals surface area (Å²) in [6.07, 6.45) is 6.18. The fraction of sp³-hybridized carbons (Fsp3) is 0.381. The number of carbonyl (C=O) groups excluding carboxylic acids is 1. The van der Waals surface area contributed by atoms with Crippen LogP contribution in [0.4, 0.5) is 5.69 Å². The van der Waals surface area contributed by atoms with Crippen LogP contribution in [0.3, 0.4) is 0 Å². The minimum absolute atomic E-state index is 0. The molecule has 4 rings (SSSR count). The van der Waals surface area contributed by atoms with Gasteiger partial charge in [0.2, 0.25) is 5.91 Å². The average Bonchev–Trinajstić information content (AvgIpc) is 2.55. The van der Waals surface area contributed by atoms with Gasteiger partial charge in [0.15, 0.2) is 0 Å². The Morgan fingerprint density at radius 1 is 1.08 bits per heavy atom. The molecule has 0 aliphatic heterocycles. The predicted molar refractivity (Wildman–Crippen MR) is 104 cm³/mol. The van der Waals surface area contributed by atoms with Gasteiger partial charge in [-0.3, -0.25) is 4.79 Å². The smallest absolute Gasteiger partial charge is 0.231 e. The van der Waals surface area contributed by atoms with E-state index in [0.717, 1.165) is 49.8 Å². The lowest BCUT2D eigenvalue weighted by Gasteiger charge is -2.42. The molecule has 0 radical (unpaired) electrons.